The third-order valence-electron chi connectivity index (χ3n) is 5.55. The topological polar surface area (TPSA) is 90.0 Å². The fraction of sp³-hybridized carbons (Fsp3) is 0.320. The molecule has 1 N–H and O–H groups in total. The van der Waals surface area contributed by atoms with E-state index in [0.717, 1.165) is 12.1 Å². The van der Waals surface area contributed by atoms with Gasteiger partial charge in [0.25, 0.3) is 11.8 Å². The first-order valence-electron chi connectivity index (χ1n) is 11.3. The molecule has 0 unspecified atom stereocenters. The maximum Gasteiger partial charge on any atom is 0.416 e. The zero-order chi connectivity index (χ0) is 26.4. The molecule has 2 heterocycles. The lowest BCUT2D eigenvalue weighted by atomic mass is 10.1. The molecule has 2 amide bonds. The second kappa shape index (κ2) is 11.6. The van der Waals surface area contributed by atoms with Crippen molar-refractivity contribution in [2.45, 2.75) is 12.6 Å². The molecule has 0 saturated carbocycles. The van der Waals surface area contributed by atoms with Crippen LogP contribution in [0.1, 0.15) is 26.4 Å². The number of halogens is 3. The maximum atomic E-state index is 13.0. The van der Waals surface area contributed by atoms with Crippen molar-refractivity contribution in [2.75, 3.05) is 45.3 Å². The number of hydrogen-bond donors (Lipinski definition) is 1. The Balaban J connectivity index is 1.36. The molecular weight excluding hydrogens is 511 g/mol. The van der Waals surface area contributed by atoms with Crippen LogP contribution in [0.5, 0.6) is 11.5 Å². The molecule has 4 rings (SSSR count). The Morgan fingerprint density at radius 2 is 1.92 bits per heavy atom. The molecule has 0 bridgehead atoms. The van der Waals surface area contributed by atoms with Crippen molar-refractivity contribution in [1.82, 2.24) is 9.88 Å². The van der Waals surface area contributed by atoms with Crippen LogP contribution in [0, 0.1) is 0 Å². The van der Waals surface area contributed by atoms with E-state index in [2.05, 4.69) is 10.3 Å². The predicted molar refractivity (Wildman–Crippen MR) is 130 cm³/mol. The lowest BCUT2D eigenvalue weighted by Crippen LogP contribution is -2.43. The summed E-state index contributed by atoms with van der Waals surface area (Å²) in [4.78, 5) is 31.6. The summed E-state index contributed by atoms with van der Waals surface area (Å²) >= 11 is 1.17. The van der Waals surface area contributed by atoms with Crippen LogP contribution in [0.25, 0.3) is 0 Å². The van der Waals surface area contributed by atoms with Gasteiger partial charge >= 0.3 is 6.18 Å². The van der Waals surface area contributed by atoms with E-state index >= 15 is 0 Å². The first kappa shape index (κ1) is 26.4. The second-order valence-electron chi connectivity index (χ2n) is 8.11. The van der Waals surface area contributed by atoms with E-state index in [1.165, 1.54) is 42.8 Å². The van der Waals surface area contributed by atoms with E-state index < -0.39 is 17.6 Å². The van der Waals surface area contributed by atoms with Crippen molar-refractivity contribution in [3.63, 3.8) is 0 Å². The lowest BCUT2D eigenvalue weighted by Gasteiger charge is -2.26. The summed E-state index contributed by atoms with van der Waals surface area (Å²) < 4.78 is 55.0. The largest absolute Gasteiger partial charge is 0.493 e. The fourth-order valence-electron chi connectivity index (χ4n) is 3.65. The second-order valence-corrected chi connectivity index (χ2v) is 9.22. The van der Waals surface area contributed by atoms with Gasteiger partial charge in [0, 0.05) is 36.1 Å². The van der Waals surface area contributed by atoms with Crippen LogP contribution in [0.15, 0.2) is 48.7 Å². The standard InChI is InChI=1S/C25H24F3N3O5S/c1-34-21-13-17(5-6-20(21)36-15-22(32)31-7-9-35-10-8-31)23(33)30-24-29-14-19(37-24)12-16-3-2-4-18(11-16)25(26,27)28/h2-6,11,13-14H,7-10,12,15H2,1H3,(H,29,30,33). The minimum absolute atomic E-state index is 0.170. The molecule has 0 atom stereocenters. The van der Waals surface area contributed by atoms with Crippen LogP contribution in [0.3, 0.4) is 0 Å². The van der Waals surface area contributed by atoms with Crippen molar-refractivity contribution < 1.29 is 37.0 Å². The number of anilines is 1. The summed E-state index contributed by atoms with van der Waals surface area (Å²) in [5.74, 6) is -0.0174. The fourth-order valence-corrected chi connectivity index (χ4v) is 4.49. The number of carbonyl (C=O) groups excluding carboxylic acids is 2. The summed E-state index contributed by atoms with van der Waals surface area (Å²) in [5, 5.41) is 2.99. The van der Waals surface area contributed by atoms with Crippen LogP contribution in [-0.4, -0.2) is 61.7 Å². The number of nitrogens with zero attached hydrogens (tertiary/aromatic N) is 2. The molecule has 1 aromatic heterocycles. The predicted octanol–water partition coefficient (Wildman–Crippen LogP) is 4.25. The molecule has 1 aliphatic heterocycles. The molecule has 3 aromatic rings. The third kappa shape index (κ3) is 6.98. The third-order valence-corrected chi connectivity index (χ3v) is 6.46. The molecule has 0 radical (unpaired) electrons. The van der Waals surface area contributed by atoms with Crippen molar-refractivity contribution in [1.29, 1.82) is 0 Å². The van der Waals surface area contributed by atoms with Gasteiger partial charge in [-0.1, -0.05) is 18.2 Å². The zero-order valence-electron chi connectivity index (χ0n) is 19.8. The Labute approximate surface area is 215 Å². The number of rotatable bonds is 8. The molecule has 196 valence electrons. The minimum atomic E-state index is -4.41. The number of amides is 2. The number of ether oxygens (including phenoxy) is 3. The van der Waals surface area contributed by atoms with E-state index in [4.69, 9.17) is 14.2 Å². The van der Waals surface area contributed by atoms with Crippen LogP contribution >= 0.6 is 11.3 Å². The van der Waals surface area contributed by atoms with E-state index in [0.29, 0.717) is 47.6 Å². The molecule has 0 spiro atoms. The maximum absolute atomic E-state index is 13.0. The summed E-state index contributed by atoms with van der Waals surface area (Å²) in [7, 11) is 1.43. The Morgan fingerprint density at radius 3 is 2.65 bits per heavy atom. The van der Waals surface area contributed by atoms with E-state index in [-0.39, 0.29) is 30.2 Å². The number of benzene rings is 2. The number of carbonyl (C=O) groups is 2. The van der Waals surface area contributed by atoms with Crippen molar-refractivity contribution in [3.05, 3.63) is 70.2 Å². The molecule has 1 aliphatic rings. The van der Waals surface area contributed by atoms with Crippen molar-refractivity contribution >= 4 is 28.3 Å². The quantitative estimate of drug-likeness (QED) is 0.464. The Bertz CT molecular complexity index is 1260. The summed E-state index contributed by atoms with van der Waals surface area (Å²) in [6, 6.07) is 9.65. The molecule has 37 heavy (non-hydrogen) atoms. The van der Waals surface area contributed by atoms with E-state index in [1.807, 2.05) is 0 Å². The molecule has 12 heteroatoms. The van der Waals surface area contributed by atoms with E-state index in [9.17, 15) is 22.8 Å². The highest BCUT2D eigenvalue weighted by Gasteiger charge is 2.30. The number of hydrogen-bond acceptors (Lipinski definition) is 7. The normalized spacial score (nSPS) is 13.8. The van der Waals surface area contributed by atoms with Crippen LogP contribution in [-0.2, 0) is 22.1 Å². The van der Waals surface area contributed by atoms with Gasteiger partial charge in [-0.25, -0.2) is 4.98 Å². The van der Waals surface area contributed by atoms with Crippen LogP contribution < -0.4 is 14.8 Å². The number of methoxy groups -OCH3 is 1. The van der Waals surface area contributed by atoms with Gasteiger partial charge in [0.1, 0.15) is 0 Å². The van der Waals surface area contributed by atoms with Gasteiger partial charge < -0.3 is 19.1 Å². The summed E-state index contributed by atoms with van der Waals surface area (Å²) in [6.07, 6.45) is -2.65. The highest BCUT2D eigenvalue weighted by atomic mass is 32.1. The van der Waals surface area contributed by atoms with Gasteiger partial charge in [-0.15, -0.1) is 11.3 Å². The average molecular weight is 536 g/mol. The Morgan fingerprint density at radius 1 is 1.14 bits per heavy atom. The van der Waals surface area contributed by atoms with Gasteiger partial charge in [0.2, 0.25) is 0 Å². The number of alkyl halides is 3. The van der Waals surface area contributed by atoms with Crippen molar-refractivity contribution in [3.8, 4) is 11.5 Å². The smallest absolute Gasteiger partial charge is 0.416 e. The summed E-state index contributed by atoms with van der Waals surface area (Å²) in [6.45, 7) is 1.83. The van der Waals surface area contributed by atoms with Gasteiger partial charge in [-0.3, -0.25) is 14.9 Å². The number of nitrogens with one attached hydrogen (secondary N) is 1. The van der Waals surface area contributed by atoms with Gasteiger partial charge in [0.05, 0.1) is 25.9 Å². The molecule has 1 saturated heterocycles. The zero-order valence-corrected chi connectivity index (χ0v) is 20.7. The minimum Gasteiger partial charge on any atom is -0.493 e. The van der Waals surface area contributed by atoms with Crippen LogP contribution in [0.4, 0.5) is 18.3 Å². The van der Waals surface area contributed by atoms with Crippen molar-refractivity contribution in [2.24, 2.45) is 0 Å². The van der Waals surface area contributed by atoms with Crippen LogP contribution in [0.2, 0.25) is 0 Å². The summed E-state index contributed by atoms with van der Waals surface area (Å²) in [5.41, 5.74) is 0.0528. The molecule has 1 fully saturated rings. The van der Waals surface area contributed by atoms with E-state index in [1.54, 1.807) is 17.0 Å². The number of morpholine rings is 1. The Kier molecular flexibility index (Phi) is 8.29. The monoisotopic (exact) mass is 535 g/mol. The molecule has 8 nitrogen and oxygen atoms in total. The average Bonchev–Trinajstić information content (AvgIpc) is 3.33. The highest BCUT2D eigenvalue weighted by molar-refractivity contribution is 7.15. The number of aromatic nitrogens is 1. The molecular formula is C25H24F3N3O5S. The number of thiazole rings is 1. The lowest BCUT2D eigenvalue weighted by molar-refractivity contribution is -0.138. The van der Waals surface area contributed by atoms with Gasteiger partial charge in [-0.05, 0) is 29.8 Å². The van der Waals surface area contributed by atoms with Gasteiger partial charge in [0.15, 0.2) is 23.2 Å². The highest BCUT2D eigenvalue weighted by Crippen LogP contribution is 2.31. The first-order valence-corrected chi connectivity index (χ1v) is 12.1. The first-order chi connectivity index (χ1) is 17.7. The molecule has 0 aliphatic carbocycles. The molecule has 2 aromatic carbocycles. The Hall–Kier alpha value is -3.64. The SMILES string of the molecule is COc1cc(C(=O)Nc2ncc(Cc3cccc(C(F)(F)F)c3)s2)ccc1OCC(=O)N1CCOCC1. The van der Waals surface area contributed by atoms with Gasteiger partial charge in [-0.2, -0.15) is 13.2 Å².